The monoisotopic (exact) mass is 278 g/mol. The lowest BCUT2D eigenvalue weighted by atomic mass is 10.1. The fraction of sp³-hybridized carbons (Fsp3) is 0.143. The van der Waals surface area contributed by atoms with Crippen LogP contribution in [0.25, 0.3) is 0 Å². The van der Waals surface area contributed by atoms with Crippen molar-refractivity contribution in [3.63, 3.8) is 0 Å². The summed E-state index contributed by atoms with van der Waals surface area (Å²) in [5.41, 5.74) is 0.511. The molecule has 0 aliphatic rings. The number of halogens is 2. The second-order valence-corrected chi connectivity index (χ2v) is 4.22. The Labute approximate surface area is 114 Å². The molecule has 1 N–H and O–H groups in total. The third-order valence-corrected chi connectivity index (χ3v) is 2.77. The quantitative estimate of drug-likeness (QED) is 0.672. The molecular weight excluding hydrogens is 266 g/mol. The number of nitro benzene ring substituents is 1. The molecule has 6 heteroatoms. The molecule has 2 aromatic carbocycles. The number of hydrogen-bond donors (Lipinski definition) is 1. The van der Waals surface area contributed by atoms with E-state index >= 15 is 0 Å². The Kier molecular flexibility index (Phi) is 4.24. The molecule has 0 heterocycles. The minimum absolute atomic E-state index is 0.299. The molecule has 0 spiro atoms. The molecular formula is C14H12F2N2O2. The summed E-state index contributed by atoms with van der Waals surface area (Å²) in [6.45, 7) is 0.349. The van der Waals surface area contributed by atoms with E-state index in [2.05, 4.69) is 5.32 Å². The van der Waals surface area contributed by atoms with Crippen molar-refractivity contribution in [2.45, 2.75) is 6.42 Å². The third-order valence-electron chi connectivity index (χ3n) is 2.77. The van der Waals surface area contributed by atoms with Gasteiger partial charge in [0, 0.05) is 18.3 Å². The van der Waals surface area contributed by atoms with Crippen LogP contribution in [-0.4, -0.2) is 11.5 Å². The van der Waals surface area contributed by atoms with Gasteiger partial charge in [0.15, 0.2) is 0 Å². The predicted octanol–water partition coefficient (Wildman–Crippen LogP) is 3.53. The van der Waals surface area contributed by atoms with Crippen molar-refractivity contribution in [3.8, 4) is 0 Å². The largest absolute Gasteiger partial charge is 0.384 e. The second-order valence-electron chi connectivity index (χ2n) is 4.22. The number of nitrogens with one attached hydrogen (secondary N) is 1. The first kappa shape index (κ1) is 13.9. The van der Waals surface area contributed by atoms with Gasteiger partial charge in [-0.25, -0.2) is 8.78 Å². The van der Waals surface area contributed by atoms with Gasteiger partial charge in [-0.15, -0.1) is 0 Å². The Bertz CT molecular complexity index is 632. The van der Waals surface area contributed by atoms with Crippen molar-refractivity contribution in [1.82, 2.24) is 0 Å². The van der Waals surface area contributed by atoms with E-state index in [1.54, 1.807) is 18.2 Å². The molecule has 0 aliphatic heterocycles. The van der Waals surface area contributed by atoms with Gasteiger partial charge in [-0.2, -0.15) is 0 Å². The minimum Gasteiger partial charge on any atom is -0.384 e. The van der Waals surface area contributed by atoms with Crippen LogP contribution in [0.2, 0.25) is 0 Å². The van der Waals surface area contributed by atoms with E-state index in [-0.39, 0.29) is 11.5 Å². The SMILES string of the molecule is O=[N+]([O-])c1cc(F)cc(NCCc2ccccc2F)c1. The van der Waals surface area contributed by atoms with Gasteiger partial charge in [-0.3, -0.25) is 10.1 Å². The predicted molar refractivity (Wildman–Crippen MR) is 71.6 cm³/mol. The number of nitrogens with zero attached hydrogens (tertiary/aromatic N) is 1. The van der Waals surface area contributed by atoms with Crippen LogP contribution in [0.5, 0.6) is 0 Å². The van der Waals surface area contributed by atoms with Crippen LogP contribution in [0.4, 0.5) is 20.2 Å². The summed E-state index contributed by atoms with van der Waals surface area (Å²) >= 11 is 0. The summed E-state index contributed by atoms with van der Waals surface area (Å²) in [6, 6.07) is 9.60. The zero-order valence-electron chi connectivity index (χ0n) is 10.5. The van der Waals surface area contributed by atoms with E-state index in [0.717, 1.165) is 12.1 Å². The highest BCUT2D eigenvalue weighted by molar-refractivity contribution is 5.51. The first-order valence-corrected chi connectivity index (χ1v) is 5.98. The minimum atomic E-state index is -0.687. The summed E-state index contributed by atoms with van der Waals surface area (Å²) < 4.78 is 26.6. The number of non-ortho nitro benzene ring substituents is 1. The van der Waals surface area contributed by atoms with Crippen LogP contribution in [0.3, 0.4) is 0 Å². The van der Waals surface area contributed by atoms with Crippen molar-refractivity contribution in [3.05, 3.63) is 69.8 Å². The highest BCUT2D eigenvalue weighted by atomic mass is 19.1. The summed E-state index contributed by atoms with van der Waals surface area (Å²) in [6.07, 6.45) is 0.400. The molecule has 2 aromatic rings. The molecule has 0 atom stereocenters. The molecule has 0 radical (unpaired) electrons. The first-order valence-electron chi connectivity index (χ1n) is 5.98. The van der Waals surface area contributed by atoms with E-state index in [1.807, 2.05) is 0 Å². The van der Waals surface area contributed by atoms with Crippen LogP contribution in [0.15, 0.2) is 42.5 Å². The van der Waals surface area contributed by atoms with Crippen molar-refractivity contribution in [1.29, 1.82) is 0 Å². The van der Waals surface area contributed by atoms with Gasteiger partial charge >= 0.3 is 0 Å². The average Bonchev–Trinajstić information content (AvgIpc) is 2.40. The molecule has 4 nitrogen and oxygen atoms in total. The summed E-state index contributed by atoms with van der Waals surface area (Å²) in [7, 11) is 0. The van der Waals surface area contributed by atoms with Crippen molar-refractivity contribution < 1.29 is 13.7 Å². The summed E-state index contributed by atoms with van der Waals surface area (Å²) in [4.78, 5) is 9.95. The van der Waals surface area contributed by atoms with Gasteiger partial charge in [0.05, 0.1) is 11.0 Å². The van der Waals surface area contributed by atoms with Crippen LogP contribution >= 0.6 is 0 Å². The number of anilines is 1. The molecule has 0 bridgehead atoms. The molecule has 104 valence electrons. The van der Waals surface area contributed by atoms with Crippen molar-refractivity contribution in [2.75, 3.05) is 11.9 Å². The van der Waals surface area contributed by atoms with Crippen LogP contribution in [0.1, 0.15) is 5.56 Å². The Balaban J connectivity index is 2.01. The standard InChI is InChI=1S/C14H12F2N2O2/c15-11-7-12(9-13(8-11)18(19)20)17-6-5-10-3-1-2-4-14(10)16/h1-4,7-9,17H,5-6H2. The van der Waals surface area contributed by atoms with E-state index in [0.29, 0.717) is 24.2 Å². The van der Waals surface area contributed by atoms with Gasteiger partial charge in [0.25, 0.3) is 5.69 Å². The first-order chi connectivity index (χ1) is 9.56. The van der Waals surface area contributed by atoms with Crippen molar-refractivity contribution in [2.24, 2.45) is 0 Å². The van der Waals surface area contributed by atoms with Crippen LogP contribution < -0.4 is 5.32 Å². The van der Waals surface area contributed by atoms with Gasteiger partial charge in [-0.1, -0.05) is 18.2 Å². The molecule has 20 heavy (non-hydrogen) atoms. The summed E-state index contributed by atoms with van der Waals surface area (Å²) in [5, 5.41) is 13.5. The van der Waals surface area contributed by atoms with Gasteiger partial charge in [0.2, 0.25) is 0 Å². The Hall–Kier alpha value is -2.50. The normalized spacial score (nSPS) is 10.3. The molecule has 0 saturated carbocycles. The average molecular weight is 278 g/mol. The zero-order chi connectivity index (χ0) is 14.5. The van der Waals surface area contributed by atoms with E-state index in [1.165, 1.54) is 12.1 Å². The van der Waals surface area contributed by atoms with Gasteiger partial charge < -0.3 is 5.32 Å². The second kappa shape index (κ2) is 6.10. The maximum Gasteiger partial charge on any atom is 0.274 e. The molecule has 0 saturated heterocycles. The van der Waals surface area contributed by atoms with E-state index in [9.17, 15) is 18.9 Å². The highest BCUT2D eigenvalue weighted by Crippen LogP contribution is 2.20. The van der Waals surface area contributed by atoms with Crippen LogP contribution in [0, 0.1) is 21.7 Å². The van der Waals surface area contributed by atoms with Crippen LogP contribution in [-0.2, 0) is 6.42 Å². The molecule has 0 aromatic heterocycles. The zero-order valence-corrected chi connectivity index (χ0v) is 10.5. The Morgan fingerprint density at radius 3 is 2.60 bits per heavy atom. The fourth-order valence-corrected chi connectivity index (χ4v) is 1.82. The van der Waals surface area contributed by atoms with E-state index < -0.39 is 10.7 Å². The lowest BCUT2D eigenvalue weighted by Gasteiger charge is -2.07. The van der Waals surface area contributed by atoms with Gasteiger partial charge in [0.1, 0.15) is 11.6 Å². The van der Waals surface area contributed by atoms with Crippen molar-refractivity contribution >= 4 is 11.4 Å². The number of nitro groups is 1. The van der Waals surface area contributed by atoms with E-state index in [4.69, 9.17) is 0 Å². The number of hydrogen-bond acceptors (Lipinski definition) is 3. The molecule has 0 aliphatic carbocycles. The Morgan fingerprint density at radius 1 is 1.15 bits per heavy atom. The highest BCUT2D eigenvalue weighted by Gasteiger charge is 2.09. The number of rotatable bonds is 5. The number of benzene rings is 2. The maximum atomic E-state index is 13.4. The lowest BCUT2D eigenvalue weighted by Crippen LogP contribution is -2.06. The maximum absolute atomic E-state index is 13.4. The Morgan fingerprint density at radius 2 is 1.90 bits per heavy atom. The molecule has 0 amide bonds. The fourth-order valence-electron chi connectivity index (χ4n) is 1.82. The lowest BCUT2D eigenvalue weighted by molar-refractivity contribution is -0.385. The summed E-state index contributed by atoms with van der Waals surface area (Å²) in [5.74, 6) is -0.993. The molecule has 2 rings (SSSR count). The molecule has 0 fully saturated rings. The molecule has 0 unspecified atom stereocenters. The smallest absolute Gasteiger partial charge is 0.274 e. The third kappa shape index (κ3) is 3.50. The van der Waals surface area contributed by atoms with Gasteiger partial charge in [-0.05, 0) is 24.1 Å². The topological polar surface area (TPSA) is 55.2 Å².